The fourth-order valence-electron chi connectivity index (χ4n) is 6.45. The Bertz CT molecular complexity index is 1060. The fourth-order valence-corrected chi connectivity index (χ4v) is 6.45. The van der Waals surface area contributed by atoms with Crippen molar-refractivity contribution in [1.82, 2.24) is 25.5 Å². The Balaban J connectivity index is 1.56. The number of esters is 1. The monoisotopic (exact) mass is 527 g/mol. The van der Waals surface area contributed by atoms with Gasteiger partial charge >= 0.3 is 5.97 Å². The van der Waals surface area contributed by atoms with Gasteiger partial charge in [-0.25, -0.2) is 9.78 Å². The van der Waals surface area contributed by atoms with Gasteiger partial charge in [0.1, 0.15) is 23.8 Å². The van der Waals surface area contributed by atoms with Crippen LogP contribution >= 0.6 is 0 Å². The second-order valence-corrected chi connectivity index (χ2v) is 12.7. The number of carbonyl (C=O) groups is 4. The third-order valence-corrected chi connectivity index (χ3v) is 8.82. The number of nitrogens with zero attached hydrogens (tertiary/aromatic N) is 3. The number of rotatable bonds is 7. The van der Waals surface area contributed by atoms with Gasteiger partial charge in [-0.05, 0) is 35.5 Å². The summed E-state index contributed by atoms with van der Waals surface area (Å²) in [5, 5.41) is 5.86. The quantitative estimate of drug-likeness (QED) is 0.521. The van der Waals surface area contributed by atoms with E-state index in [-0.39, 0.29) is 34.8 Å². The standard InChI is InChI=1S/C28H41N5O5/c1-27(2,3)22(25(36)33-15-17-19(28(17,4)5)21(33)26(37)38-6)32-24(35)20(16-10-8-7-9-11-16)31-23(34)18-14-29-12-13-30-18/h12-14,16-17,19-22H,7-11,15H2,1-6H3,(H,31,34)(H,32,35)/t17-,19-,20-,21-,22+/m0/s1. The maximum atomic E-state index is 14.0. The molecule has 3 amide bonds. The molecule has 0 radical (unpaired) electrons. The van der Waals surface area contributed by atoms with Crippen LogP contribution in [0.4, 0.5) is 0 Å². The molecule has 0 aromatic carbocycles. The number of hydrogen-bond acceptors (Lipinski definition) is 7. The molecule has 0 unspecified atom stereocenters. The van der Waals surface area contributed by atoms with E-state index in [1.165, 1.54) is 25.7 Å². The van der Waals surface area contributed by atoms with Gasteiger partial charge in [-0.3, -0.25) is 19.4 Å². The highest BCUT2D eigenvalue weighted by molar-refractivity contribution is 5.98. The van der Waals surface area contributed by atoms with E-state index in [0.29, 0.717) is 6.54 Å². The van der Waals surface area contributed by atoms with Crippen molar-refractivity contribution in [3.63, 3.8) is 0 Å². The highest BCUT2D eigenvalue weighted by Gasteiger charge is 2.70. The van der Waals surface area contributed by atoms with Gasteiger partial charge in [0.15, 0.2) is 0 Å². The summed E-state index contributed by atoms with van der Waals surface area (Å²) in [6.07, 6.45) is 8.93. The molecule has 3 fully saturated rings. The zero-order valence-electron chi connectivity index (χ0n) is 23.3. The number of fused-ring (bicyclic) bond motifs is 1. The zero-order chi connectivity index (χ0) is 27.8. The molecule has 10 heteroatoms. The SMILES string of the molecule is COC(=O)[C@@H]1[C@@H]2[C@H](CN1C(=O)[C@@H](NC(=O)[C@@H](NC(=O)c1cnccn1)C1CCCCC1)C(C)(C)C)C2(C)C. The van der Waals surface area contributed by atoms with E-state index in [1.807, 2.05) is 20.8 Å². The molecular weight excluding hydrogens is 486 g/mol. The van der Waals surface area contributed by atoms with Crippen LogP contribution in [0, 0.1) is 28.6 Å². The van der Waals surface area contributed by atoms with Crippen LogP contribution in [0.1, 0.15) is 77.2 Å². The lowest BCUT2D eigenvalue weighted by Crippen LogP contribution is -2.61. The Morgan fingerprint density at radius 2 is 1.76 bits per heavy atom. The minimum absolute atomic E-state index is 0.0349. The van der Waals surface area contributed by atoms with Gasteiger partial charge in [-0.1, -0.05) is 53.9 Å². The molecule has 38 heavy (non-hydrogen) atoms. The highest BCUT2D eigenvalue weighted by Crippen LogP contribution is 2.65. The number of methoxy groups -OCH3 is 1. The maximum Gasteiger partial charge on any atom is 0.328 e. The Morgan fingerprint density at radius 3 is 2.34 bits per heavy atom. The molecule has 2 aliphatic carbocycles. The van der Waals surface area contributed by atoms with Crippen molar-refractivity contribution in [2.24, 2.45) is 28.6 Å². The highest BCUT2D eigenvalue weighted by atomic mass is 16.5. The molecule has 2 saturated carbocycles. The minimum atomic E-state index is -0.887. The average Bonchev–Trinajstić information content (AvgIpc) is 3.22. The van der Waals surface area contributed by atoms with E-state index < -0.39 is 41.3 Å². The normalized spacial score (nSPS) is 26.1. The summed E-state index contributed by atoms with van der Waals surface area (Å²) in [5.74, 6) is -1.40. The molecule has 1 aromatic rings. The number of hydrogen-bond donors (Lipinski definition) is 2. The van der Waals surface area contributed by atoms with Crippen LogP contribution in [0.15, 0.2) is 18.6 Å². The number of amides is 3. The van der Waals surface area contributed by atoms with Crippen LogP contribution in [-0.2, 0) is 19.1 Å². The van der Waals surface area contributed by atoms with Crippen molar-refractivity contribution in [3.05, 3.63) is 24.3 Å². The van der Waals surface area contributed by atoms with Gasteiger partial charge in [0.2, 0.25) is 11.8 Å². The molecule has 2 N–H and O–H groups in total. The van der Waals surface area contributed by atoms with Gasteiger partial charge in [-0.2, -0.15) is 0 Å². The lowest BCUT2D eigenvalue weighted by Gasteiger charge is -2.38. The van der Waals surface area contributed by atoms with Gasteiger partial charge in [-0.15, -0.1) is 0 Å². The lowest BCUT2D eigenvalue weighted by molar-refractivity contribution is -0.155. The maximum absolute atomic E-state index is 14.0. The summed E-state index contributed by atoms with van der Waals surface area (Å²) in [6, 6.07) is -2.37. The average molecular weight is 528 g/mol. The molecule has 4 rings (SSSR count). The molecule has 0 spiro atoms. The Labute approximate surface area is 224 Å². The topological polar surface area (TPSA) is 131 Å². The van der Waals surface area contributed by atoms with E-state index in [0.717, 1.165) is 32.1 Å². The van der Waals surface area contributed by atoms with Crippen molar-refractivity contribution in [3.8, 4) is 0 Å². The second-order valence-electron chi connectivity index (χ2n) is 12.7. The summed E-state index contributed by atoms with van der Waals surface area (Å²) < 4.78 is 5.08. The molecule has 10 nitrogen and oxygen atoms in total. The molecule has 2 heterocycles. The smallest absolute Gasteiger partial charge is 0.328 e. The number of likely N-dealkylation sites (tertiary alicyclic amines) is 1. The van der Waals surface area contributed by atoms with Crippen molar-refractivity contribution in [2.45, 2.75) is 84.8 Å². The predicted molar refractivity (Wildman–Crippen MR) is 140 cm³/mol. The van der Waals surface area contributed by atoms with Gasteiger partial charge in [0.05, 0.1) is 13.3 Å². The Kier molecular flexibility index (Phi) is 7.81. The van der Waals surface area contributed by atoms with E-state index in [4.69, 9.17) is 4.74 Å². The molecule has 0 bridgehead atoms. The number of ether oxygens (including phenoxy) is 1. The zero-order valence-corrected chi connectivity index (χ0v) is 23.3. The summed E-state index contributed by atoms with van der Waals surface area (Å²) in [5.41, 5.74) is -0.543. The van der Waals surface area contributed by atoms with Crippen LogP contribution in [0.5, 0.6) is 0 Å². The number of carbonyl (C=O) groups excluding carboxylic acids is 4. The minimum Gasteiger partial charge on any atom is -0.467 e. The van der Waals surface area contributed by atoms with Gasteiger partial charge in [0, 0.05) is 24.9 Å². The van der Waals surface area contributed by atoms with Crippen LogP contribution in [0.3, 0.4) is 0 Å². The largest absolute Gasteiger partial charge is 0.467 e. The molecule has 1 aliphatic heterocycles. The molecule has 1 aromatic heterocycles. The van der Waals surface area contributed by atoms with Crippen LogP contribution in [0.25, 0.3) is 0 Å². The van der Waals surface area contributed by atoms with E-state index in [2.05, 4.69) is 34.4 Å². The first-order valence-corrected chi connectivity index (χ1v) is 13.6. The van der Waals surface area contributed by atoms with Crippen LogP contribution in [-0.4, -0.2) is 70.3 Å². The molecule has 1 saturated heterocycles. The van der Waals surface area contributed by atoms with Crippen molar-refractivity contribution < 1.29 is 23.9 Å². The summed E-state index contributed by atoms with van der Waals surface area (Å²) in [7, 11) is 1.34. The van der Waals surface area contributed by atoms with E-state index in [9.17, 15) is 19.2 Å². The first-order valence-electron chi connectivity index (χ1n) is 13.6. The summed E-state index contributed by atoms with van der Waals surface area (Å²) in [4.78, 5) is 63.1. The summed E-state index contributed by atoms with van der Waals surface area (Å²) >= 11 is 0. The van der Waals surface area contributed by atoms with Crippen LogP contribution < -0.4 is 10.6 Å². The lowest BCUT2D eigenvalue weighted by atomic mass is 9.82. The van der Waals surface area contributed by atoms with Crippen molar-refractivity contribution >= 4 is 23.7 Å². The number of piperidine rings is 1. The third kappa shape index (κ3) is 5.40. The number of aromatic nitrogens is 2. The third-order valence-electron chi connectivity index (χ3n) is 8.82. The van der Waals surface area contributed by atoms with Crippen LogP contribution in [0.2, 0.25) is 0 Å². The van der Waals surface area contributed by atoms with E-state index in [1.54, 1.807) is 4.90 Å². The Hall–Kier alpha value is -3.04. The fraction of sp³-hybridized carbons (Fsp3) is 0.714. The molecule has 3 aliphatic rings. The number of nitrogens with one attached hydrogen (secondary N) is 2. The molecule has 208 valence electrons. The second kappa shape index (κ2) is 10.6. The summed E-state index contributed by atoms with van der Waals surface area (Å²) in [6.45, 7) is 10.3. The Morgan fingerprint density at radius 1 is 1.08 bits per heavy atom. The predicted octanol–water partition coefficient (Wildman–Crippen LogP) is 2.34. The van der Waals surface area contributed by atoms with Gasteiger partial charge in [0.25, 0.3) is 5.91 Å². The van der Waals surface area contributed by atoms with Crippen molar-refractivity contribution in [1.29, 1.82) is 0 Å². The first kappa shape index (κ1) is 28.0. The van der Waals surface area contributed by atoms with Gasteiger partial charge < -0.3 is 20.3 Å². The molecular formula is C28H41N5O5. The first-order chi connectivity index (χ1) is 17.9. The molecule has 5 atom stereocenters. The van der Waals surface area contributed by atoms with Crippen molar-refractivity contribution in [2.75, 3.05) is 13.7 Å². The van der Waals surface area contributed by atoms with E-state index >= 15 is 0 Å².